The number of nitrogens with one attached hydrogen (secondary N) is 5. The molecule has 0 aromatic rings. The molecule has 0 spiro atoms. The smallest absolute Gasteiger partial charge is 0.407 e. The van der Waals surface area contributed by atoms with E-state index in [-0.39, 0.29) is 42.2 Å². The number of ether oxygens (including phenoxy) is 1. The van der Waals surface area contributed by atoms with Crippen LogP contribution in [0.5, 0.6) is 0 Å². The van der Waals surface area contributed by atoms with Gasteiger partial charge in [-0.2, -0.15) is 0 Å². The number of hydrogen-bond donors (Lipinski definition) is 5. The van der Waals surface area contributed by atoms with Gasteiger partial charge in [-0.25, -0.2) is 4.79 Å². The number of ketones is 1. The Morgan fingerprint density at radius 1 is 1.04 bits per heavy atom. The maximum absolute atomic E-state index is 14.6. The summed E-state index contributed by atoms with van der Waals surface area (Å²) in [5.74, 6) is -2.97. The molecule has 4 rings (SSSR count). The Morgan fingerprint density at radius 2 is 1.69 bits per heavy atom. The number of likely N-dealkylation sites (tertiary alicyclic amines) is 1. The van der Waals surface area contributed by atoms with Gasteiger partial charge in [0.05, 0.1) is 13.2 Å². The molecule has 9 atom stereocenters. The van der Waals surface area contributed by atoms with Gasteiger partial charge in [-0.05, 0) is 67.1 Å². The fraction of sp³-hybridized carbons (Fsp3) is 0.800. The van der Waals surface area contributed by atoms with E-state index in [9.17, 15) is 33.6 Å². The topological polar surface area (TPSA) is 192 Å². The third kappa shape index (κ3) is 7.78. The van der Waals surface area contributed by atoms with Crippen LogP contribution >= 0.6 is 0 Å². The van der Waals surface area contributed by atoms with E-state index in [4.69, 9.17) is 0 Å². The highest BCUT2D eigenvalue weighted by molar-refractivity contribution is 6.38. The fourth-order valence-corrected chi connectivity index (χ4v) is 8.05. The molecule has 2 aliphatic carbocycles. The zero-order valence-corrected chi connectivity index (χ0v) is 30.4. The minimum absolute atomic E-state index is 0.00710. The molecule has 2 saturated heterocycles. The lowest BCUT2D eigenvalue weighted by molar-refractivity contribution is -0.144. The van der Waals surface area contributed by atoms with Crippen LogP contribution in [0.15, 0.2) is 0 Å². The average Bonchev–Trinajstić information content (AvgIpc) is 3.65. The number of methoxy groups -OCH3 is 1. The second kappa shape index (κ2) is 14.4. The number of carbonyl (C=O) groups is 7. The first-order valence-corrected chi connectivity index (χ1v) is 17.6. The van der Waals surface area contributed by atoms with Crippen molar-refractivity contribution in [2.24, 2.45) is 34.5 Å². The summed E-state index contributed by atoms with van der Waals surface area (Å²) in [5.41, 5.74) is -3.00. The van der Waals surface area contributed by atoms with Crippen molar-refractivity contribution in [3.63, 3.8) is 0 Å². The van der Waals surface area contributed by atoms with Gasteiger partial charge in [0.2, 0.25) is 23.5 Å². The Hall–Kier alpha value is -3.55. The summed E-state index contributed by atoms with van der Waals surface area (Å²) in [6, 6.07) is -3.64. The second-order valence-electron chi connectivity index (χ2n) is 16.6. The standard InChI is InChI=1S/C35H56N6O8/c1-10-21-22-14-11-19-15-41(25(23(19)22)29(45)39-24(21)26(43)30(46)38-20-12-13-20)31(47)27(33(3,4)5)36-16-35(17-42,34(6,7)8)40-28(44)18(2)37-32(48)49-9/h17-25,27,36H,10-16H2,1-9H3,(H,37,48)(H,38,46)(H,39,45)(H,40,44)/t18-,19+,21?,22?,23-,24+,25+,27-,35-/m1/s1. The van der Waals surface area contributed by atoms with Crippen molar-refractivity contribution < 1.29 is 38.3 Å². The van der Waals surface area contributed by atoms with Crippen molar-refractivity contribution >= 4 is 41.8 Å². The van der Waals surface area contributed by atoms with Crippen LogP contribution in [0, 0.1) is 34.5 Å². The van der Waals surface area contributed by atoms with E-state index in [0.29, 0.717) is 19.3 Å². The van der Waals surface area contributed by atoms with Gasteiger partial charge >= 0.3 is 6.09 Å². The molecule has 0 aromatic heterocycles. The molecule has 274 valence electrons. The van der Waals surface area contributed by atoms with Crippen LogP contribution in [-0.4, -0.2) is 103 Å². The lowest BCUT2D eigenvalue weighted by Gasteiger charge is -2.44. The first-order valence-electron chi connectivity index (χ1n) is 17.6. The van der Waals surface area contributed by atoms with Gasteiger partial charge in [0.1, 0.15) is 30.0 Å². The Labute approximate surface area is 289 Å². The molecular formula is C35H56N6O8. The molecule has 0 bridgehead atoms. The van der Waals surface area contributed by atoms with Gasteiger partial charge in [0.25, 0.3) is 5.91 Å². The van der Waals surface area contributed by atoms with Crippen LogP contribution in [-0.2, 0) is 33.5 Å². The summed E-state index contributed by atoms with van der Waals surface area (Å²) in [6.45, 7) is 14.7. The molecule has 49 heavy (non-hydrogen) atoms. The lowest BCUT2D eigenvalue weighted by atomic mass is 9.73. The predicted octanol–water partition coefficient (Wildman–Crippen LogP) is 1.06. The summed E-state index contributed by atoms with van der Waals surface area (Å²) >= 11 is 0. The molecule has 4 aliphatic rings. The van der Waals surface area contributed by atoms with Gasteiger partial charge in [0, 0.05) is 19.1 Å². The van der Waals surface area contributed by atoms with Crippen molar-refractivity contribution in [2.45, 2.75) is 123 Å². The average molecular weight is 689 g/mol. The molecule has 0 radical (unpaired) electrons. The highest BCUT2D eigenvalue weighted by Gasteiger charge is 2.60. The van der Waals surface area contributed by atoms with Gasteiger partial charge in [-0.3, -0.25) is 24.0 Å². The Kier molecular flexibility index (Phi) is 11.2. The molecule has 5 N–H and O–H groups in total. The number of rotatable bonds is 12. The summed E-state index contributed by atoms with van der Waals surface area (Å²) in [6.07, 6.45) is 3.75. The number of carbonyl (C=O) groups excluding carboxylic acids is 7. The SMILES string of the molecule is CCC1C2CC[C@H]3CN(C(=O)[C@@H](NC[C@](C=O)(NC(=O)[C@@H](C)NC(=O)OC)C(C)(C)C)C(C)(C)C)[C@H](C(=O)N[C@@H]1C(=O)C(=O)NC1CC1)[C@@H]23. The summed E-state index contributed by atoms with van der Waals surface area (Å²) in [4.78, 5) is 94.4. The van der Waals surface area contributed by atoms with Crippen LogP contribution in [0.2, 0.25) is 0 Å². The van der Waals surface area contributed by atoms with Crippen LogP contribution in [0.25, 0.3) is 0 Å². The van der Waals surface area contributed by atoms with E-state index in [1.54, 1.807) is 25.7 Å². The number of nitrogens with zero attached hydrogens (tertiary/aromatic N) is 1. The quantitative estimate of drug-likeness (QED) is 0.147. The molecule has 2 saturated carbocycles. The normalized spacial score (nSPS) is 28.9. The molecule has 2 aliphatic heterocycles. The summed E-state index contributed by atoms with van der Waals surface area (Å²) in [7, 11) is 1.18. The summed E-state index contributed by atoms with van der Waals surface area (Å²) in [5, 5.41) is 14.2. The lowest BCUT2D eigenvalue weighted by Crippen LogP contribution is -2.68. The highest BCUT2D eigenvalue weighted by Crippen LogP contribution is 2.52. The molecule has 2 heterocycles. The minimum Gasteiger partial charge on any atom is -0.453 e. The van der Waals surface area contributed by atoms with E-state index in [1.165, 1.54) is 14.0 Å². The van der Waals surface area contributed by atoms with Crippen molar-refractivity contribution in [3.8, 4) is 0 Å². The summed E-state index contributed by atoms with van der Waals surface area (Å²) < 4.78 is 4.60. The molecule has 14 nitrogen and oxygen atoms in total. The van der Waals surface area contributed by atoms with Gasteiger partial charge in [-0.15, -0.1) is 0 Å². The van der Waals surface area contributed by atoms with Crippen molar-refractivity contribution in [2.75, 3.05) is 20.2 Å². The largest absolute Gasteiger partial charge is 0.453 e. The van der Waals surface area contributed by atoms with Gasteiger partial charge in [-0.1, -0.05) is 54.9 Å². The van der Waals surface area contributed by atoms with E-state index in [1.807, 2.05) is 27.7 Å². The maximum atomic E-state index is 14.6. The number of amides is 5. The van der Waals surface area contributed by atoms with Gasteiger partial charge in [0.15, 0.2) is 0 Å². The van der Waals surface area contributed by atoms with Crippen LogP contribution in [0.1, 0.15) is 87.5 Å². The van der Waals surface area contributed by atoms with E-state index >= 15 is 0 Å². The molecule has 0 aromatic carbocycles. The van der Waals surface area contributed by atoms with Crippen molar-refractivity contribution in [1.82, 2.24) is 31.5 Å². The van der Waals surface area contributed by atoms with Crippen LogP contribution in [0.4, 0.5) is 4.79 Å². The third-order valence-electron chi connectivity index (χ3n) is 11.3. The number of alkyl carbamates (subject to hydrolysis) is 1. The predicted molar refractivity (Wildman–Crippen MR) is 180 cm³/mol. The molecular weight excluding hydrogens is 632 g/mol. The number of aldehydes is 1. The van der Waals surface area contributed by atoms with Crippen molar-refractivity contribution in [3.05, 3.63) is 0 Å². The number of hydrogen-bond acceptors (Lipinski definition) is 9. The van der Waals surface area contributed by atoms with Crippen molar-refractivity contribution in [1.29, 1.82) is 0 Å². The molecule has 4 fully saturated rings. The van der Waals surface area contributed by atoms with Gasteiger partial charge < -0.3 is 41.0 Å². The second-order valence-corrected chi connectivity index (χ2v) is 16.6. The molecule has 5 amide bonds. The van der Waals surface area contributed by atoms with E-state index < -0.39 is 70.1 Å². The zero-order valence-electron chi connectivity index (χ0n) is 30.4. The fourth-order valence-electron chi connectivity index (χ4n) is 8.05. The highest BCUT2D eigenvalue weighted by atomic mass is 16.5. The zero-order chi connectivity index (χ0) is 36.6. The monoisotopic (exact) mass is 688 g/mol. The Balaban J connectivity index is 1.59. The maximum Gasteiger partial charge on any atom is 0.407 e. The Morgan fingerprint density at radius 3 is 2.22 bits per heavy atom. The van der Waals surface area contributed by atoms with Crippen LogP contribution < -0.4 is 26.6 Å². The van der Waals surface area contributed by atoms with Crippen LogP contribution in [0.3, 0.4) is 0 Å². The first-order chi connectivity index (χ1) is 22.8. The third-order valence-corrected chi connectivity index (χ3v) is 11.3. The minimum atomic E-state index is -1.49. The molecule has 14 heteroatoms. The first kappa shape index (κ1) is 38.3. The van der Waals surface area contributed by atoms with E-state index in [2.05, 4.69) is 31.3 Å². The Bertz CT molecular complexity index is 1340. The number of Topliss-reactive ketones (excluding diaryl/α,β-unsaturated/α-hetero) is 1. The molecule has 2 unspecified atom stereocenters. The van der Waals surface area contributed by atoms with E-state index in [0.717, 1.165) is 25.7 Å².